The standard InChI is InChI=1S/C14H17FN2O7/c1-7(18)22-6-9-11(23-8(2)19)14(3,15)12(24-9)17-5-4-10(20)16-13(17)21/h4-5,9,11-12H,6H2,1-3H3,(H,16,20,21)/t9-,11+,12-,14?/m1/s1. The van der Waals surface area contributed by atoms with Crippen molar-refractivity contribution in [2.24, 2.45) is 0 Å². The van der Waals surface area contributed by atoms with Crippen LogP contribution >= 0.6 is 0 Å². The molecule has 1 N–H and O–H groups in total. The zero-order valence-electron chi connectivity index (χ0n) is 13.3. The van der Waals surface area contributed by atoms with Gasteiger partial charge in [-0.2, -0.15) is 0 Å². The Hall–Kier alpha value is -2.49. The monoisotopic (exact) mass is 344 g/mol. The van der Waals surface area contributed by atoms with Crippen molar-refractivity contribution in [1.82, 2.24) is 9.55 Å². The summed E-state index contributed by atoms with van der Waals surface area (Å²) in [7, 11) is 0. The molecule has 1 aliphatic heterocycles. The van der Waals surface area contributed by atoms with Gasteiger partial charge in [-0.1, -0.05) is 0 Å². The highest BCUT2D eigenvalue weighted by molar-refractivity contribution is 5.66. The smallest absolute Gasteiger partial charge is 0.330 e. The summed E-state index contributed by atoms with van der Waals surface area (Å²) in [6.45, 7) is 2.99. The lowest BCUT2D eigenvalue weighted by Gasteiger charge is -2.27. The number of rotatable bonds is 4. The summed E-state index contributed by atoms with van der Waals surface area (Å²) in [6.07, 6.45) is -2.93. The minimum absolute atomic E-state index is 0.360. The Morgan fingerprint density at radius 1 is 1.38 bits per heavy atom. The third-order valence-electron chi connectivity index (χ3n) is 3.53. The molecule has 24 heavy (non-hydrogen) atoms. The first-order chi connectivity index (χ1) is 11.1. The van der Waals surface area contributed by atoms with Crippen LogP contribution in [0.2, 0.25) is 0 Å². The second-order valence-corrected chi connectivity index (χ2v) is 5.53. The largest absolute Gasteiger partial charge is 0.463 e. The number of carbonyl (C=O) groups is 2. The maximum Gasteiger partial charge on any atom is 0.330 e. The lowest BCUT2D eigenvalue weighted by Crippen LogP contribution is -2.46. The van der Waals surface area contributed by atoms with Crippen LogP contribution in [0.4, 0.5) is 4.39 Å². The lowest BCUT2D eigenvalue weighted by atomic mass is 9.98. The molecule has 0 aromatic carbocycles. The van der Waals surface area contributed by atoms with E-state index < -0.39 is 47.3 Å². The van der Waals surface area contributed by atoms with E-state index in [-0.39, 0.29) is 6.61 Å². The average Bonchev–Trinajstić information content (AvgIpc) is 2.68. The molecule has 0 amide bonds. The van der Waals surface area contributed by atoms with E-state index >= 15 is 4.39 Å². The molecular formula is C14H17FN2O7. The second kappa shape index (κ2) is 6.56. The van der Waals surface area contributed by atoms with Gasteiger partial charge in [0.15, 0.2) is 18.0 Å². The second-order valence-electron chi connectivity index (χ2n) is 5.53. The van der Waals surface area contributed by atoms with Gasteiger partial charge < -0.3 is 14.2 Å². The average molecular weight is 344 g/mol. The predicted octanol–water partition coefficient (Wildman–Crippen LogP) is -0.343. The molecule has 0 bridgehead atoms. The van der Waals surface area contributed by atoms with Crippen molar-refractivity contribution in [3.8, 4) is 0 Å². The van der Waals surface area contributed by atoms with Gasteiger partial charge in [0.1, 0.15) is 12.7 Å². The predicted molar refractivity (Wildman–Crippen MR) is 76.9 cm³/mol. The summed E-state index contributed by atoms with van der Waals surface area (Å²) >= 11 is 0. The van der Waals surface area contributed by atoms with Gasteiger partial charge in [-0.05, 0) is 6.92 Å². The Balaban J connectivity index is 2.38. The van der Waals surface area contributed by atoms with E-state index in [2.05, 4.69) is 0 Å². The highest BCUT2D eigenvalue weighted by atomic mass is 19.1. The van der Waals surface area contributed by atoms with Crippen LogP contribution in [0.5, 0.6) is 0 Å². The van der Waals surface area contributed by atoms with Gasteiger partial charge in [-0.15, -0.1) is 0 Å². The molecule has 1 aromatic heterocycles. The van der Waals surface area contributed by atoms with E-state index in [1.165, 1.54) is 0 Å². The first-order valence-electron chi connectivity index (χ1n) is 7.09. The van der Waals surface area contributed by atoms with Crippen LogP contribution in [0.25, 0.3) is 0 Å². The van der Waals surface area contributed by atoms with Crippen molar-refractivity contribution in [2.75, 3.05) is 6.61 Å². The molecule has 1 saturated heterocycles. The van der Waals surface area contributed by atoms with E-state index in [4.69, 9.17) is 14.2 Å². The van der Waals surface area contributed by atoms with Crippen LogP contribution in [-0.2, 0) is 23.8 Å². The molecule has 10 heteroatoms. The molecule has 0 aliphatic carbocycles. The molecule has 132 valence electrons. The maximum atomic E-state index is 15.2. The SMILES string of the molecule is CC(=O)OC[C@H]1O[C@@H](n2ccc(=O)[nH]c2=O)C(C)(F)[C@H]1OC(C)=O. The molecular weight excluding hydrogens is 327 g/mol. The summed E-state index contributed by atoms with van der Waals surface area (Å²) in [5.41, 5.74) is -3.84. The van der Waals surface area contributed by atoms with Crippen molar-refractivity contribution in [3.05, 3.63) is 33.1 Å². The first kappa shape index (κ1) is 17.9. The number of alkyl halides is 1. The molecule has 9 nitrogen and oxygen atoms in total. The van der Waals surface area contributed by atoms with E-state index in [9.17, 15) is 19.2 Å². The van der Waals surface area contributed by atoms with Crippen molar-refractivity contribution in [2.45, 2.75) is 44.9 Å². The number of H-pyrrole nitrogens is 1. The van der Waals surface area contributed by atoms with E-state index in [0.29, 0.717) is 0 Å². The normalized spacial score (nSPS) is 29.2. The number of hydrogen-bond donors (Lipinski definition) is 1. The fourth-order valence-electron chi connectivity index (χ4n) is 2.52. The highest BCUT2D eigenvalue weighted by Crippen LogP contribution is 2.42. The lowest BCUT2D eigenvalue weighted by molar-refractivity contribution is -0.158. The molecule has 1 aromatic rings. The number of esters is 2. The molecule has 0 radical (unpaired) electrons. The number of nitrogens with one attached hydrogen (secondary N) is 1. The zero-order chi connectivity index (χ0) is 18.1. The van der Waals surface area contributed by atoms with Gasteiger partial charge in [-0.3, -0.25) is 23.9 Å². The summed E-state index contributed by atoms with van der Waals surface area (Å²) < 4.78 is 31.3. The maximum absolute atomic E-state index is 15.2. The Kier molecular flexibility index (Phi) is 4.88. The number of nitrogens with zero attached hydrogens (tertiary/aromatic N) is 1. The zero-order valence-corrected chi connectivity index (χ0v) is 13.3. The van der Waals surface area contributed by atoms with Gasteiger partial charge in [0.05, 0.1) is 0 Å². The van der Waals surface area contributed by atoms with Crippen LogP contribution < -0.4 is 11.2 Å². The number of carbonyl (C=O) groups excluding carboxylic acids is 2. The van der Waals surface area contributed by atoms with Crippen LogP contribution in [-0.4, -0.2) is 46.0 Å². The van der Waals surface area contributed by atoms with Crippen LogP contribution in [0.3, 0.4) is 0 Å². The van der Waals surface area contributed by atoms with E-state index in [0.717, 1.165) is 37.6 Å². The van der Waals surface area contributed by atoms with Crippen molar-refractivity contribution >= 4 is 11.9 Å². The Bertz CT molecular complexity index is 754. The van der Waals surface area contributed by atoms with Crippen LogP contribution in [0.1, 0.15) is 27.0 Å². The Labute approximate surface area is 135 Å². The minimum atomic E-state index is -2.31. The van der Waals surface area contributed by atoms with Crippen molar-refractivity contribution in [3.63, 3.8) is 0 Å². The van der Waals surface area contributed by atoms with Gasteiger partial charge in [0.25, 0.3) is 5.56 Å². The molecule has 1 unspecified atom stereocenters. The van der Waals surface area contributed by atoms with Gasteiger partial charge in [0, 0.05) is 26.1 Å². The van der Waals surface area contributed by atoms with Gasteiger partial charge in [0.2, 0.25) is 0 Å². The Morgan fingerprint density at radius 3 is 2.58 bits per heavy atom. The molecule has 1 fully saturated rings. The van der Waals surface area contributed by atoms with E-state index in [1.807, 2.05) is 4.98 Å². The molecule has 4 atom stereocenters. The van der Waals surface area contributed by atoms with Crippen LogP contribution in [0.15, 0.2) is 21.9 Å². The first-order valence-corrected chi connectivity index (χ1v) is 7.09. The number of ether oxygens (including phenoxy) is 3. The molecule has 2 rings (SSSR count). The van der Waals surface area contributed by atoms with Crippen molar-refractivity contribution < 1.29 is 28.2 Å². The molecule has 2 heterocycles. The topological polar surface area (TPSA) is 117 Å². The Morgan fingerprint density at radius 2 is 2.04 bits per heavy atom. The highest BCUT2D eigenvalue weighted by Gasteiger charge is 2.58. The number of hydrogen-bond acceptors (Lipinski definition) is 7. The van der Waals surface area contributed by atoms with Crippen LogP contribution in [0, 0.1) is 0 Å². The van der Waals surface area contributed by atoms with Gasteiger partial charge in [-0.25, -0.2) is 9.18 Å². The number of aromatic amines is 1. The van der Waals surface area contributed by atoms with Crippen molar-refractivity contribution in [1.29, 1.82) is 0 Å². The third kappa shape index (κ3) is 3.53. The number of halogens is 1. The quantitative estimate of drug-likeness (QED) is 0.742. The molecule has 0 spiro atoms. The third-order valence-corrected chi connectivity index (χ3v) is 3.53. The summed E-state index contributed by atoms with van der Waals surface area (Å²) in [6, 6.07) is 1.03. The molecule has 1 aliphatic rings. The van der Waals surface area contributed by atoms with Gasteiger partial charge >= 0.3 is 17.6 Å². The fraction of sp³-hybridized carbons (Fsp3) is 0.571. The molecule has 0 saturated carbocycles. The summed E-state index contributed by atoms with van der Waals surface area (Å²) in [5.74, 6) is -1.37. The fourth-order valence-corrected chi connectivity index (χ4v) is 2.52. The summed E-state index contributed by atoms with van der Waals surface area (Å²) in [5, 5.41) is 0. The number of aromatic nitrogens is 2. The summed E-state index contributed by atoms with van der Waals surface area (Å²) in [4.78, 5) is 47.2. The minimum Gasteiger partial charge on any atom is -0.463 e. The van der Waals surface area contributed by atoms with E-state index in [1.54, 1.807) is 0 Å².